The van der Waals surface area contributed by atoms with E-state index in [1.807, 2.05) is 6.07 Å². The van der Waals surface area contributed by atoms with Crippen LogP contribution in [-0.2, 0) is 6.42 Å². The predicted octanol–water partition coefficient (Wildman–Crippen LogP) is 2.02. The van der Waals surface area contributed by atoms with Crippen LogP contribution in [0.15, 0.2) is 12.1 Å². The van der Waals surface area contributed by atoms with E-state index < -0.39 is 0 Å². The Hall–Kier alpha value is -1.22. The van der Waals surface area contributed by atoms with E-state index in [9.17, 15) is 4.79 Å². The number of nitrogens with one attached hydrogen (secondary N) is 1. The standard InChI is InChI=1S/C11H12ClNO2/c1-15-8-5-7-3-2-4-13-11(14)10(7)9(12)6-8/h5-6H,2-4H2,1H3,(H,13,14). The fraction of sp³-hybridized carbons (Fsp3) is 0.364. The molecule has 2 rings (SSSR count). The molecule has 4 heteroatoms. The maximum Gasteiger partial charge on any atom is 0.253 e. The van der Waals surface area contributed by atoms with Gasteiger partial charge in [0.25, 0.3) is 5.91 Å². The van der Waals surface area contributed by atoms with Crippen molar-refractivity contribution < 1.29 is 9.53 Å². The highest BCUT2D eigenvalue weighted by atomic mass is 35.5. The fourth-order valence-corrected chi connectivity index (χ4v) is 2.09. The van der Waals surface area contributed by atoms with Crippen molar-refractivity contribution in [2.75, 3.05) is 13.7 Å². The van der Waals surface area contributed by atoms with Crippen molar-refractivity contribution in [1.29, 1.82) is 0 Å². The first-order valence-electron chi connectivity index (χ1n) is 4.87. The number of carbonyl (C=O) groups excluding carboxylic acids is 1. The van der Waals surface area contributed by atoms with Crippen LogP contribution in [0.25, 0.3) is 0 Å². The normalized spacial score (nSPS) is 15.2. The molecule has 80 valence electrons. The number of hydrogen-bond acceptors (Lipinski definition) is 2. The van der Waals surface area contributed by atoms with Crippen molar-refractivity contribution in [1.82, 2.24) is 5.32 Å². The second-order valence-corrected chi connectivity index (χ2v) is 3.91. The Kier molecular flexibility index (Phi) is 2.82. The molecule has 0 fully saturated rings. The van der Waals surface area contributed by atoms with Crippen LogP contribution in [-0.4, -0.2) is 19.6 Å². The maximum atomic E-state index is 11.7. The van der Waals surface area contributed by atoms with Gasteiger partial charge >= 0.3 is 0 Å². The van der Waals surface area contributed by atoms with E-state index in [4.69, 9.17) is 16.3 Å². The fourth-order valence-electron chi connectivity index (χ4n) is 1.77. The Morgan fingerprint density at radius 2 is 2.27 bits per heavy atom. The van der Waals surface area contributed by atoms with Gasteiger partial charge in [-0.15, -0.1) is 0 Å². The molecule has 1 aromatic carbocycles. The molecule has 3 nitrogen and oxygen atoms in total. The SMILES string of the molecule is COc1cc(Cl)c2c(c1)CCCNC2=O. The highest BCUT2D eigenvalue weighted by molar-refractivity contribution is 6.34. The highest BCUT2D eigenvalue weighted by Crippen LogP contribution is 2.28. The Morgan fingerprint density at radius 3 is 3.00 bits per heavy atom. The zero-order chi connectivity index (χ0) is 10.8. The van der Waals surface area contributed by atoms with Gasteiger partial charge < -0.3 is 10.1 Å². The van der Waals surface area contributed by atoms with Gasteiger partial charge in [0.2, 0.25) is 0 Å². The van der Waals surface area contributed by atoms with Crippen molar-refractivity contribution in [3.63, 3.8) is 0 Å². The average molecular weight is 226 g/mol. The van der Waals surface area contributed by atoms with Gasteiger partial charge in [0.15, 0.2) is 0 Å². The molecule has 0 unspecified atom stereocenters. The quantitative estimate of drug-likeness (QED) is 0.794. The van der Waals surface area contributed by atoms with Crippen LogP contribution in [0.4, 0.5) is 0 Å². The number of benzene rings is 1. The number of aryl methyl sites for hydroxylation is 1. The number of hydrogen-bond donors (Lipinski definition) is 1. The van der Waals surface area contributed by atoms with Gasteiger partial charge in [0.05, 0.1) is 17.7 Å². The number of ether oxygens (including phenoxy) is 1. The lowest BCUT2D eigenvalue weighted by Crippen LogP contribution is -2.22. The summed E-state index contributed by atoms with van der Waals surface area (Å²) in [5, 5.41) is 3.28. The zero-order valence-electron chi connectivity index (χ0n) is 8.47. The van der Waals surface area contributed by atoms with Crippen LogP contribution in [0.3, 0.4) is 0 Å². The van der Waals surface area contributed by atoms with Gasteiger partial charge in [-0.2, -0.15) is 0 Å². The minimum Gasteiger partial charge on any atom is -0.497 e. The minimum absolute atomic E-state index is 0.0878. The molecule has 1 amide bonds. The molecule has 0 aliphatic carbocycles. The molecular formula is C11H12ClNO2. The lowest BCUT2D eigenvalue weighted by Gasteiger charge is -2.09. The van der Waals surface area contributed by atoms with Crippen LogP contribution < -0.4 is 10.1 Å². The van der Waals surface area contributed by atoms with Crippen LogP contribution in [0, 0.1) is 0 Å². The molecule has 0 saturated carbocycles. The predicted molar refractivity (Wildman–Crippen MR) is 58.7 cm³/mol. The Labute approximate surface area is 93.4 Å². The first-order chi connectivity index (χ1) is 7.22. The smallest absolute Gasteiger partial charge is 0.253 e. The summed E-state index contributed by atoms with van der Waals surface area (Å²) in [5.74, 6) is 0.614. The van der Waals surface area contributed by atoms with Gasteiger partial charge in [-0.25, -0.2) is 0 Å². The number of halogens is 1. The zero-order valence-corrected chi connectivity index (χ0v) is 9.23. The third kappa shape index (κ3) is 1.92. The molecule has 1 N–H and O–H groups in total. The molecule has 1 aliphatic heterocycles. The van der Waals surface area contributed by atoms with E-state index in [-0.39, 0.29) is 5.91 Å². The number of methoxy groups -OCH3 is 1. The van der Waals surface area contributed by atoms with Gasteiger partial charge in [-0.3, -0.25) is 4.79 Å². The first kappa shape index (κ1) is 10.3. The molecule has 1 aliphatic rings. The monoisotopic (exact) mass is 225 g/mol. The summed E-state index contributed by atoms with van der Waals surface area (Å²) in [6.45, 7) is 0.701. The third-order valence-corrected chi connectivity index (χ3v) is 2.81. The van der Waals surface area contributed by atoms with E-state index in [0.717, 1.165) is 18.4 Å². The molecule has 0 radical (unpaired) electrons. The van der Waals surface area contributed by atoms with E-state index in [1.54, 1.807) is 13.2 Å². The van der Waals surface area contributed by atoms with Crippen molar-refractivity contribution in [3.8, 4) is 5.75 Å². The number of fused-ring (bicyclic) bond motifs is 1. The third-order valence-electron chi connectivity index (χ3n) is 2.52. The lowest BCUT2D eigenvalue weighted by atomic mass is 10.0. The summed E-state index contributed by atoms with van der Waals surface area (Å²) >= 11 is 6.05. The average Bonchev–Trinajstić information content (AvgIpc) is 2.40. The number of rotatable bonds is 1. The van der Waals surface area contributed by atoms with Crippen LogP contribution in [0.1, 0.15) is 22.3 Å². The van der Waals surface area contributed by atoms with Gasteiger partial charge in [0.1, 0.15) is 5.75 Å². The molecule has 0 bridgehead atoms. The summed E-state index contributed by atoms with van der Waals surface area (Å²) < 4.78 is 5.12. The van der Waals surface area contributed by atoms with Crippen molar-refractivity contribution in [2.45, 2.75) is 12.8 Å². The summed E-state index contributed by atoms with van der Waals surface area (Å²) in [5.41, 5.74) is 1.56. The van der Waals surface area contributed by atoms with Gasteiger partial charge in [0, 0.05) is 6.54 Å². The van der Waals surface area contributed by atoms with Crippen LogP contribution >= 0.6 is 11.6 Å². The van der Waals surface area contributed by atoms with E-state index in [1.165, 1.54) is 0 Å². The Bertz CT molecular complexity index is 404. The molecule has 1 aromatic rings. The molecule has 0 aromatic heterocycles. The van der Waals surface area contributed by atoms with Crippen molar-refractivity contribution in [3.05, 3.63) is 28.3 Å². The van der Waals surface area contributed by atoms with E-state index in [0.29, 0.717) is 22.9 Å². The molecular weight excluding hydrogens is 214 g/mol. The summed E-state index contributed by atoms with van der Waals surface area (Å²) in [6, 6.07) is 3.55. The maximum absolute atomic E-state index is 11.7. The Balaban J connectivity index is 2.54. The van der Waals surface area contributed by atoms with Gasteiger partial charge in [-0.1, -0.05) is 11.6 Å². The van der Waals surface area contributed by atoms with Crippen LogP contribution in [0.2, 0.25) is 5.02 Å². The van der Waals surface area contributed by atoms with Crippen molar-refractivity contribution in [2.24, 2.45) is 0 Å². The second-order valence-electron chi connectivity index (χ2n) is 3.50. The molecule has 0 saturated heterocycles. The highest BCUT2D eigenvalue weighted by Gasteiger charge is 2.19. The lowest BCUT2D eigenvalue weighted by molar-refractivity contribution is 0.0956. The summed E-state index contributed by atoms with van der Waals surface area (Å²) in [4.78, 5) is 11.7. The molecule has 0 spiro atoms. The Morgan fingerprint density at radius 1 is 1.47 bits per heavy atom. The van der Waals surface area contributed by atoms with E-state index >= 15 is 0 Å². The summed E-state index contributed by atoms with van der Waals surface area (Å²) in [6.07, 6.45) is 1.78. The number of carbonyl (C=O) groups is 1. The van der Waals surface area contributed by atoms with Gasteiger partial charge in [-0.05, 0) is 30.5 Å². The first-order valence-corrected chi connectivity index (χ1v) is 5.25. The largest absolute Gasteiger partial charge is 0.497 e. The summed E-state index contributed by atoms with van der Waals surface area (Å²) in [7, 11) is 1.59. The topological polar surface area (TPSA) is 38.3 Å². The molecule has 0 atom stereocenters. The molecule has 15 heavy (non-hydrogen) atoms. The number of amides is 1. The molecule has 1 heterocycles. The van der Waals surface area contributed by atoms with E-state index in [2.05, 4.69) is 5.32 Å². The second kappa shape index (κ2) is 4.11. The minimum atomic E-state index is -0.0878. The van der Waals surface area contributed by atoms with Crippen molar-refractivity contribution >= 4 is 17.5 Å². The van der Waals surface area contributed by atoms with Crippen LogP contribution in [0.5, 0.6) is 5.75 Å².